The fourth-order valence-electron chi connectivity index (χ4n) is 2.66. The van der Waals surface area contributed by atoms with E-state index in [0.29, 0.717) is 15.7 Å². The first-order valence-electron chi connectivity index (χ1n) is 6.84. The molecule has 4 heteroatoms. The van der Waals surface area contributed by atoms with Crippen molar-refractivity contribution < 1.29 is 9.18 Å². The molecule has 3 rings (SSSR count). The Morgan fingerprint density at radius 2 is 1.86 bits per heavy atom. The number of nitrogen functional groups attached to an aromatic ring is 1. The average Bonchev–Trinajstić information content (AvgIpc) is 3.24. The Morgan fingerprint density at radius 1 is 1.19 bits per heavy atom. The summed E-state index contributed by atoms with van der Waals surface area (Å²) in [5, 5.41) is 0. The van der Waals surface area contributed by atoms with Crippen LogP contribution in [-0.4, -0.2) is 5.78 Å². The van der Waals surface area contributed by atoms with Crippen molar-refractivity contribution in [3.05, 3.63) is 63.9 Å². The molecule has 0 amide bonds. The van der Waals surface area contributed by atoms with Crippen LogP contribution >= 0.6 is 15.9 Å². The van der Waals surface area contributed by atoms with E-state index in [9.17, 15) is 9.18 Å². The van der Waals surface area contributed by atoms with Crippen LogP contribution in [-0.2, 0) is 16.6 Å². The van der Waals surface area contributed by atoms with Gasteiger partial charge in [0.1, 0.15) is 11.6 Å². The van der Waals surface area contributed by atoms with Crippen LogP contribution < -0.4 is 5.73 Å². The molecule has 2 nitrogen and oxygen atoms in total. The third-order valence-corrected chi connectivity index (χ3v) is 4.61. The summed E-state index contributed by atoms with van der Waals surface area (Å²) < 4.78 is 14.6. The monoisotopic (exact) mass is 347 g/mol. The molecule has 0 radical (unpaired) electrons. The zero-order valence-corrected chi connectivity index (χ0v) is 13.0. The Labute approximate surface area is 131 Å². The summed E-state index contributed by atoms with van der Waals surface area (Å²) >= 11 is 3.22. The summed E-state index contributed by atoms with van der Waals surface area (Å²) in [6.45, 7) is 0. The Balaban J connectivity index is 1.83. The van der Waals surface area contributed by atoms with Crippen molar-refractivity contribution in [2.75, 3.05) is 5.73 Å². The van der Waals surface area contributed by atoms with E-state index in [1.165, 1.54) is 6.07 Å². The quantitative estimate of drug-likeness (QED) is 0.849. The van der Waals surface area contributed by atoms with Crippen LogP contribution in [0.4, 0.5) is 10.1 Å². The molecule has 21 heavy (non-hydrogen) atoms. The van der Waals surface area contributed by atoms with Gasteiger partial charge in [-0.1, -0.05) is 34.1 Å². The van der Waals surface area contributed by atoms with Gasteiger partial charge in [-0.25, -0.2) is 4.39 Å². The highest BCUT2D eigenvalue weighted by atomic mass is 79.9. The van der Waals surface area contributed by atoms with E-state index in [4.69, 9.17) is 5.73 Å². The van der Waals surface area contributed by atoms with Gasteiger partial charge in [0.25, 0.3) is 0 Å². The lowest BCUT2D eigenvalue weighted by Gasteiger charge is -2.15. The van der Waals surface area contributed by atoms with Gasteiger partial charge in [0, 0.05) is 16.6 Å². The molecule has 2 N–H and O–H groups in total. The van der Waals surface area contributed by atoms with E-state index >= 15 is 0 Å². The van der Waals surface area contributed by atoms with Crippen LogP contribution in [0.5, 0.6) is 0 Å². The number of hydrogen-bond donors (Lipinski definition) is 1. The summed E-state index contributed by atoms with van der Waals surface area (Å²) in [6.07, 6.45) is 1.78. The average molecular weight is 348 g/mol. The van der Waals surface area contributed by atoms with Gasteiger partial charge in [-0.2, -0.15) is 0 Å². The molecule has 0 aliphatic heterocycles. The van der Waals surface area contributed by atoms with Crippen LogP contribution in [0.15, 0.2) is 46.9 Å². The topological polar surface area (TPSA) is 43.1 Å². The van der Waals surface area contributed by atoms with Gasteiger partial charge >= 0.3 is 0 Å². The molecule has 0 aromatic heterocycles. The Morgan fingerprint density at radius 3 is 2.43 bits per heavy atom. The van der Waals surface area contributed by atoms with Crippen molar-refractivity contribution in [2.24, 2.45) is 0 Å². The Kier molecular flexibility index (Phi) is 3.57. The van der Waals surface area contributed by atoms with Gasteiger partial charge in [-0.3, -0.25) is 4.79 Å². The number of benzene rings is 2. The molecule has 0 bridgehead atoms. The van der Waals surface area contributed by atoms with Gasteiger partial charge in [-0.15, -0.1) is 0 Å². The number of Topliss-reactive ketones (excluding diaryl/α,β-unsaturated/α-hetero) is 1. The highest BCUT2D eigenvalue weighted by molar-refractivity contribution is 9.10. The second-order valence-corrected chi connectivity index (χ2v) is 6.46. The maximum Gasteiger partial charge on any atom is 0.147 e. The molecular formula is C17H15BrFNO. The minimum absolute atomic E-state index is 0.0773. The van der Waals surface area contributed by atoms with Crippen LogP contribution in [0.1, 0.15) is 24.0 Å². The first kappa shape index (κ1) is 14.3. The van der Waals surface area contributed by atoms with E-state index in [1.54, 1.807) is 12.1 Å². The maximum absolute atomic E-state index is 13.9. The normalized spacial score (nSPS) is 15.7. The number of carbonyl (C=O) groups is 1. The second-order valence-electron chi connectivity index (χ2n) is 5.54. The molecule has 0 unspecified atom stereocenters. The SMILES string of the molecule is Nc1ccc(C2(C(=O)Cc3ccc(Br)cc3F)CC2)cc1. The summed E-state index contributed by atoms with van der Waals surface area (Å²) in [7, 11) is 0. The van der Waals surface area contributed by atoms with Crippen LogP contribution in [0.25, 0.3) is 0 Å². The Bertz CT molecular complexity index is 692. The maximum atomic E-state index is 13.9. The first-order valence-corrected chi connectivity index (χ1v) is 7.64. The molecule has 0 saturated heterocycles. The fourth-order valence-corrected chi connectivity index (χ4v) is 3.00. The van der Waals surface area contributed by atoms with Crippen LogP contribution in [0.2, 0.25) is 0 Å². The predicted molar refractivity (Wildman–Crippen MR) is 84.6 cm³/mol. The van der Waals surface area contributed by atoms with Crippen LogP contribution in [0.3, 0.4) is 0 Å². The van der Waals surface area contributed by atoms with Gasteiger partial charge in [0.15, 0.2) is 0 Å². The van der Waals surface area contributed by atoms with E-state index in [-0.39, 0.29) is 18.0 Å². The molecule has 1 aliphatic rings. The molecule has 0 spiro atoms. The predicted octanol–water partition coefficient (Wildman–Crippen LogP) is 4.01. The summed E-state index contributed by atoms with van der Waals surface area (Å²) in [5.74, 6) is -0.265. The van der Waals surface area contributed by atoms with Crippen molar-refractivity contribution in [1.29, 1.82) is 0 Å². The molecule has 2 aromatic rings. The zero-order valence-electron chi connectivity index (χ0n) is 11.4. The lowest BCUT2D eigenvalue weighted by atomic mass is 9.88. The second kappa shape index (κ2) is 5.26. The van der Waals surface area contributed by atoms with Gasteiger partial charge in [0.05, 0.1) is 5.41 Å². The minimum Gasteiger partial charge on any atom is -0.399 e. The standard InChI is InChI=1S/C17H15BrFNO/c18-13-4-1-11(15(19)10-13)9-16(21)17(7-8-17)12-2-5-14(20)6-3-12/h1-6,10H,7-9,20H2. The molecule has 0 atom stereocenters. The number of rotatable bonds is 4. The summed E-state index contributed by atoms with van der Waals surface area (Å²) in [4.78, 5) is 12.6. The molecule has 0 heterocycles. The van der Waals surface area contributed by atoms with Gasteiger partial charge < -0.3 is 5.73 Å². The van der Waals surface area contributed by atoms with Crippen molar-refractivity contribution in [2.45, 2.75) is 24.7 Å². The van der Waals surface area contributed by atoms with E-state index in [2.05, 4.69) is 15.9 Å². The third kappa shape index (κ3) is 2.72. The van der Waals surface area contributed by atoms with Gasteiger partial charge in [-0.05, 0) is 48.2 Å². The largest absolute Gasteiger partial charge is 0.399 e. The zero-order chi connectivity index (χ0) is 15.0. The Hall–Kier alpha value is -1.68. The molecule has 1 aliphatic carbocycles. The summed E-state index contributed by atoms with van der Waals surface area (Å²) in [6, 6.07) is 12.2. The lowest BCUT2D eigenvalue weighted by Crippen LogP contribution is -2.23. The van der Waals surface area contributed by atoms with E-state index < -0.39 is 5.41 Å². The van der Waals surface area contributed by atoms with Crippen molar-refractivity contribution >= 4 is 27.4 Å². The summed E-state index contributed by atoms with van der Waals surface area (Å²) in [5.41, 5.74) is 7.36. The number of anilines is 1. The first-order chi connectivity index (χ1) is 10.0. The van der Waals surface area contributed by atoms with E-state index in [0.717, 1.165) is 18.4 Å². The number of halogens is 2. The highest BCUT2D eigenvalue weighted by Crippen LogP contribution is 2.49. The van der Waals surface area contributed by atoms with Crippen LogP contribution in [0, 0.1) is 5.82 Å². The number of hydrogen-bond acceptors (Lipinski definition) is 2. The van der Waals surface area contributed by atoms with E-state index in [1.807, 2.05) is 24.3 Å². The number of carbonyl (C=O) groups excluding carboxylic acids is 1. The van der Waals surface area contributed by atoms with Crippen molar-refractivity contribution in [3.8, 4) is 0 Å². The lowest BCUT2D eigenvalue weighted by molar-refractivity contribution is -0.120. The molecule has 2 aromatic carbocycles. The number of ketones is 1. The molecule has 108 valence electrons. The van der Waals surface area contributed by atoms with Crippen molar-refractivity contribution in [3.63, 3.8) is 0 Å². The fraction of sp³-hybridized carbons (Fsp3) is 0.235. The van der Waals surface area contributed by atoms with Gasteiger partial charge in [0.2, 0.25) is 0 Å². The third-order valence-electron chi connectivity index (χ3n) is 4.11. The molecule has 1 saturated carbocycles. The smallest absolute Gasteiger partial charge is 0.147 e. The number of nitrogens with two attached hydrogens (primary N) is 1. The highest BCUT2D eigenvalue weighted by Gasteiger charge is 2.50. The molecule has 1 fully saturated rings. The minimum atomic E-state index is -0.437. The van der Waals surface area contributed by atoms with Crippen molar-refractivity contribution in [1.82, 2.24) is 0 Å². The molecular weight excluding hydrogens is 333 g/mol.